The number of benzene rings is 2. The van der Waals surface area contributed by atoms with E-state index in [-0.39, 0.29) is 0 Å². The molecule has 2 aromatic heterocycles. The Morgan fingerprint density at radius 1 is 0.941 bits per heavy atom. The Hall–Kier alpha value is -3.98. The third kappa shape index (κ3) is 5.32. The predicted molar refractivity (Wildman–Crippen MR) is 133 cm³/mol. The van der Waals surface area contributed by atoms with E-state index >= 15 is 0 Å². The van der Waals surface area contributed by atoms with Crippen LogP contribution in [0.3, 0.4) is 0 Å². The van der Waals surface area contributed by atoms with Crippen molar-refractivity contribution in [2.24, 2.45) is 0 Å². The number of pyridine rings is 1. The molecule has 1 unspecified atom stereocenters. The first-order chi connectivity index (χ1) is 16.4. The van der Waals surface area contributed by atoms with Crippen LogP contribution in [0.4, 0.5) is 10.5 Å². The van der Waals surface area contributed by atoms with Crippen LogP contribution in [0.25, 0.3) is 17.1 Å². The van der Waals surface area contributed by atoms with Gasteiger partial charge in [-0.05, 0) is 68.3 Å². The van der Waals surface area contributed by atoms with Crippen molar-refractivity contribution < 1.29 is 9.59 Å². The van der Waals surface area contributed by atoms with Gasteiger partial charge in [0, 0.05) is 23.6 Å². The van der Waals surface area contributed by atoms with Crippen molar-refractivity contribution in [2.75, 3.05) is 5.32 Å². The number of anilines is 1. The quantitative estimate of drug-likeness (QED) is 0.392. The van der Waals surface area contributed by atoms with Gasteiger partial charge in [0.15, 0.2) is 11.0 Å². The Morgan fingerprint density at radius 2 is 1.68 bits per heavy atom. The molecule has 0 aliphatic carbocycles. The van der Waals surface area contributed by atoms with E-state index in [1.165, 1.54) is 17.3 Å². The molecule has 3 amide bonds. The normalized spacial score (nSPS) is 11.6. The molecule has 0 radical (unpaired) electrons. The Bertz CT molecular complexity index is 1310. The lowest BCUT2D eigenvalue weighted by atomic mass is 10.1. The first-order valence-corrected chi connectivity index (χ1v) is 11.6. The number of carbonyl (C=O) groups excluding carboxylic acids is 2. The number of para-hydroxylation sites is 1. The lowest BCUT2D eigenvalue weighted by molar-refractivity contribution is -0.119. The molecule has 9 heteroatoms. The molecule has 34 heavy (non-hydrogen) atoms. The molecule has 2 heterocycles. The molecular weight excluding hydrogens is 448 g/mol. The fraction of sp³-hybridized carbons (Fsp3) is 0.160. The van der Waals surface area contributed by atoms with Gasteiger partial charge < -0.3 is 5.32 Å². The van der Waals surface area contributed by atoms with Crippen molar-refractivity contribution in [1.29, 1.82) is 0 Å². The summed E-state index contributed by atoms with van der Waals surface area (Å²) >= 11 is 1.23. The van der Waals surface area contributed by atoms with E-state index in [0.717, 1.165) is 16.8 Å². The lowest BCUT2D eigenvalue weighted by Crippen LogP contribution is -2.38. The number of rotatable bonds is 6. The molecule has 0 spiro atoms. The highest BCUT2D eigenvalue weighted by Gasteiger charge is 2.23. The molecule has 0 saturated heterocycles. The van der Waals surface area contributed by atoms with Gasteiger partial charge in [-0.25, -0.2) is 4.79 Å². The Kier molecular flexibility index (Phi) is 7.03. The highest BCUT2D eigenvalue weighted by Crippen LogP contribution is 2.30. The lowest BCUT2D eigenvalue weighted by Gasteiger charge is -2.15. The third-order valence-corrected chi connectivity index (χ3v) is 6.28. The van der Waals surface area contributed by atoms with Crippen molar-refractivity contribution >= 4 is 29.4 Å². The zero-order valence-electron chi connectivity index (χ0n) is 19.0. The topological polar surface area (TPSA) is 102 Å². The third-order valence-electron chi connectivity index (χ3n) is 5.24. The molecule has 1 atom stereocenters. The van der Waals surface area contributed by atoms with E-state index in [2.05, 4.69) is 38.8 Å². The number of imide groups is 1. The Balaban J connectivity index is 1.57. The van der Waals surface area contributed by atoms with Crippen LogP contribution in [0, 0.1) is 13.8 Å². The molecule has 0 aliphatic heterocycles. The number of amides is 3. The number of nitrogens with zero attached hydrogens (tertiary/aromatic N) is 4. The van der Waals surface area contributed by atoms with Gasteiger partial charge in [-0.1, -0.05) is 36.0 Å². The molecule has 0 fully saturated rings. The standard InChI is InChI=1S/C25H24N6O2S/c1-16-9-10-21(15-17(16)2)31-22(19-11-13-26-14-12-19)29-30-25(31)34-18(3)23(32)28-24(33)27-20-7-5-4-6-8-20/h4-15,18H,1-3H3,(H2,27,28,32,33). The maximum absolute atomic E-state index is 12.7. The van der Waals surface area contributed by atoms with E-state index in [9.17, 15) is 9.59 Å². The van der Waals surface area contributed by atoms with Crippen molar-refractivity contribution in [3.63, 3.8) is 0 Å². The van der Waals surface area contributed by atoms with Crippen LogP contribution < -0.4 is 10.6 Å². The first-order valence-electron chi connectivity index (χ1n) is 10.7. The van der Waals surface area contributed by atoms with E-state index in [4.69, 9.17) is 0 Å². The molecule has 4 rings (SSSR count). The molecule has 0 saturated carbocycles. The largest absolute Gasteiger partial charge is 0.325 e. The fourth-order valence-electron chi connectivity index (χ4n) is 3.24. The van der Waals surface area contributed by atoms with Gasteiger partial charge in [0.25, 0.3) is 0 Å². The first kappa shape index (κ1) is 23.2. The number of hydrogen-bond donors (Lipinski definition) is 2. The van der Waals surface area contributed by atoms with Gasteiger partial charge in [0.05, 0.1) is 10.9 Å². The second-order valence-electron chi connectivity index (χ2n) is 7.72. The van der Waals surface area contributed by atoms with E-state index < -0.39 is 17.2 Å². The zero-order chi connectivity index (χ0) is 24.1. The van der Waals surface area contributed by atoms with Crippen molar-refractivity contribution in [1.82, 2.24) is 25.1 Å². The van der Waals surface area contributed by atoms with Crippen LogP contribution in [0.15, 0.2) is 78.2 Å². The number of urea groups is 1. The Morgan fingerprint density at radius 3 is 2.38 bits per heavy atom. The number of thioether (sulfide) groups is 1. The average molecular weight is 473 g/mol. The summed E-state index contributed by atoms with van der Waals surface area (Å²) in [5.74, 6) is 0.209. The molecular formula is C25H24N6O2S. The summed E-state index contributed by atoms with van der Waals surface area (Å²) in [5, 5.41) is 13.7. The fourth-order valence-corrected chi connectivity index (χ4v) is 4.11. The van der Waals surface area contributed by atoms with Crippen molar-refractivity contribution in [3.05, 3.63) is 84.2 Å². The second kappa shape index (κ2) is 10.3. The number of aromatic nitrogens is 4. The highest BCUT2D eigenvalue weighted by molar-refractivity contribution is 8.00. The number of carbonyl (C=O) groups is 2. The van der Waals surface area contributed by atoms with E-state index in [0.29, 0.717) is 16.7 Å². The number of nitrogens with one attached hydrogen (secondary N) is 2. The summed E-state index contributed by atoms with van der Waals surface area (Å²) in [6.45, 7) is 5.82. The van der Waals surface area contributed by atoms with E-state index in [1.54, 1.807) is 43.6 Å². The van der Waals surface area contributed by atoms with Crippen LogP contribution in [0.1, 0.15) is 18.1 Å². The number of hydrogen-bond acceptors (Lipinski definition) is 6. The van der Waals surface area contributed by atoms with Crippen LogP contribution in [0.2, 0.25) is 0 Å². The molecule has 172 valence electrons. The monoisotopic (exact) mass is 472 g/mol. The predicted octanol–water partition coefficient (Wildman–Crippen LogP) is 4.78. The molecule has 2 N–H and O–H groups in total. The van der Waals surface area contributed by atoms with Gasteiger partial charge >= 0.3 is 6.03 Å². The molecule has 0 bridgehead atoms. The average Bonchev–Trinajstić information content (AvgIpc) is 3.25. The van der Waals surface area contributed by atoms with Crippen LogP contribution in [0.5, 0.6) is 0 Å². The summed E-state index contributed by atoms with van der Waals surface area (Å²) < 4.78 is 1.92. The highest BCUT2D eigenvalue weighted by atomic mass is 32.2. The SMILES string of the molecule is Cc1ccc(-n2c(SC(C)C(=O)NC(=O)Nc3ccccc3)nnc2-c2ccncc2)cc1C. The van der Waals surface area contributed by atoms with Crippen molar-refractivity contribution in [3.8, 4) is 17.1 Å². The van der Waals surface area contributed by atoms with Crippen LogP contribution in [-0.2, 0) is 4.79 Å². The summed E-state index contributed by atoms with van der Waals surface area (Å²) in [7, 11) is 0. The van der Waals surface area contributed by atoms with Gasteiger partial charge in [-0.15, -0.1) is 10.2 Å². The molecule has 8 nitrogen and oxygen atoms in total. The van der Waals surface area contributed by atoms with Gasteiger partial charge in [-0.3, -0.25) is 19.7 Å². The van der Waals surface area contributed by atoms with Gasteiger partial charge in [0.2, 0.25) is 5.91 Å². The van der Waals surface area contributed by atoms with Gasteiger partial charge in [0.1, 0.15) is 0 Å². The Labute approximate surface area is 201 Å². The summed E-state index contributed by atoms with van der Waals surface area (Å²) in [5.41, 5.74) is 4.65. The van der Waals surface area contributed by atoms with Gasteiger partial charge in [-0.2, -0.15) is 0 Å². The minimum absolute atomic E-state index is 0.432. The number of aryl methyl sites for hydroxylation is 2. The zero-order valence-corrected chi connectivity index (χ0v) is 19.8. The maximum Gasteiger partial charge on any atom is 0.325 e. The summed E-state index contributed by atoms with van der Waals surface area (Å²) in [6, 6.07) is 18.2. The maximum atomic E-state index is 12.7. The van der Waals surface area contributed by atoms with E-state index in [1.807, 2.05) is 41.8 Å². The summed E-state index contributed by atoms with van der Waals surface area (Å²) in [6.07, 6.45) is 3.39. The molecule has 0 aliphatic rings. The molecule has 4 aromatic rings. The summed E-state index contributed by atoms with van der Waals surface area (Å²) in [4.78, 5) is 29.0. The van der Waals surface area contributed by atoms with Crippen molar-refractivity contribution in [2.45, 2.75) is 31.2 Å². The smallest absolute Gasteiger partial charge is 0.308 e. The molecule has 2 aromatic carbocycles. The van der Waals surface area contributed by atoms with Crippen LogP contribution >= 0.6 is 11.8 Å². The minimum atomic E-state index is -0.596. The van der Waals surface area contributed by atoms with Crippen LogP contribution in [-0.4, -0.2) is 36.9 Å². The minimum Gasteiger partial charge on any atom is -0.308 e. The second-order valence-corrected chi connectivity index (χ2v) is 9.02.